The van der Waals surface area contributed by atoms with Crippen LogP contribution < -0.4 is 0 Å². The van der Waals surface area contributed by atoms with Gasteiger partial charge in [-0.2, -0.15) is 0 Å². The maximum Gasteiger partial charge on any atom is 0.162 e. The van der Waals surface area contributed by atoms with Gasteiger partial charge in [-0.25, -0.2) is 0 Å². The highest BCUT2D eigenvalue weighted by molar-refractivity contribution is 7.73. The summed E-state index contributed by atoms with van der Waals surface area (Å²) < 4.78 is 11.1. The Balaban J connectivity index is 1.69. The molecular weight excluding hydrogens is 346 g/mol. The molecule has 1 saturated carbocycles. The molecule has 134 valence electrons. The van der Waals surface area contributed by atoms with E-state index in [9.17, 15) is 0 Å². The Morgan fingerprint density at radius 3 is 2.76 bits per heavy atom. The number of hydrogen-bond donors (Lipinski definition) is 0. The van der Waals surface area contributed by atoms with E-state index in [4.69, 9.17) is 17.0 Å². The Labute approximate surface area is 159 Å². The van der Waals surface area contributed by atoms with E-state index in [1.54, 1.807) is 16.9 Å². The third kappa shape index (κ3) is 3.02. The molecule has 0 unspecified atom stereocenters. The van der Waals surface area contributed by atoms with Crippen molar-refractivity contribution in [3.8, 4) is 0 Å². The lowest BCUT2D eigenvalue weighted by molar-refractivity contribution is -0.0977. The van der Waals surface area contributed by atoms with Crippen LogP contribution in [0.5, 0.6) is 0 Å². The highest BCUT2D eigenvalue weighted by Gasteiger charge is 2.47. The summed E-state index contributed by atoms with van der Waals surface area (Å²) in [6, 6.07) is 8.98. The first kappa shape index (κ1) is 17.4. The number of fused-ring (bicyclic) bond motifs is 2. The molecule has 2 aliphatic carbocycles. The average Bonchev–Trinajstić information content (AvgIpc) is 3.02. The van der Waals surface area contributed by atoms with Crippen molar-refractivity contribution in [1.29, 1.82) is 0 Å². The van der Waals surface area contributed by atoms with Gasteiger partial charge in [0.15, 0.2) is 3.95 Å². The lowest BCUT2D eigenvalue weighted by Gasteiger charge is -2.40. The minimum Gasteiger partial charge on any atom is -0.372 e. The molecule has 0 radical (unpaired) electrons. The van der Waals surface area contributed by atoms with Crippen LogP contribution in [0.2, 0.25) is 0 Å². The normalized spacial score (nSPS) is 29.7. The summed E-state index contributed by atoms with van der Waals surface area (Å²) in [4.78, 5) is 0. The molecule has 0 aliphatic heterocycles. The van der Waals surface area contributed by atoms with Gasteiger partial charge < -0.3 is 9.30 Å². The first-order valence-electron chi connectivity index (χ1n) is 9.27. The van der Waals surface area contributed by atoms with Crippen LogP contribution in [0.25, 0.3) is 10.2 Å². The van der Waals surface area contributed by atoms with Gasteiger partial charge in [0, 0.05) is 5.41 Å². The number of hydrogen-bond acceptors (Lipinski definition) is 3. The first-order chi connectivity index (χ1) is 11.8. The molecule has 4 heteroatoms. The number of thiazole rings is 1. The fraction of sp³-hybridized carbons (Fsp3) is 0.571. The molecule has 3 atom stereocenters. The summed E-state index contributed by atoms with van der Waals surface area (Å²) in [6.07, 6.45) is 7.46. The quantitative estimate of drug-likeness (QED) is 0.431. The van der Waals surface area contributed by atoms with E-state index in [0.717, 1.165) is 23.2 Å². The van der Waals surface area contributed by atoms with Crippen molar-refractivity contribution in [1.82, 2.24) is 4.57 Å². The van der Waals surface area contributed by atoms with Crippen molar-refractivity contribution in [3.63, 3.8) is 0 Å². The maximum absolute atomic E-state index is 6.42. The van der Waals surface area contributed by atoms with Crippen LogP contribution in [0.3, 0.4) is 0 Å². The minimum atomic E-state index is -0.0773. The highest BCUT2D eigenvalue weighted by Crippen LogP contribution is 2.53. The number of para-hydroxylation sites is 1. The summed E-state index contributed by atoms with van der Waals surface area (Å²) in [5, 5.41) is 0. The van der Waals surface area contributed by atoms with Crippen LogP contribution in [0, 0.1) is 9.37 Å². The van der Waals surface area contributed by atoms with Crippen LogP contribution in [0.1, 0.15) is 59.4 Å². The van der Waals surface area contributed by atoms with Crippen LogP contribution in [-0.2, 0) is 4.74 Å². The number of benzene rings is 1. The molecule has 2 aliphatic rings. The third-order valence-corrected chi connectivity index (χ3v) is 7.20. The number of allylic oxidation sites excluding steroid dienone is 1. The van der Waals surface area contributed by atoms with E-state index in [1.807, 2.05) is 0 Å². The van der Waals surface area contributed by atoms with Crippen molar-refractivity contribution in [2.24, 2.45) is 5.41 Å². The van der Waals surface area contributed by atoms with Crippen LogP contribution in [0.15, 0.2) is 35.9 Å². The third-order valence-electron chi connectivity index (χ3n) is 5.82. The van der Waals surface area contributed by atoms with Gasteiger partial charge in [-0.05, 0) is 70.8 Å². The number of rotatable bonds is 2. The lowest BCUT2D eigenvalue weighted by Crippen LogP contribution is -2.38. The molecule has 0 bridgehead atoms. The van der Waals surface area contributed by atoms with Crippen molar-refractivity contribution >= 4 is 33.8 Å². The summed E-state index contributed by atoms with van der Waals surface area (Å²) in [5.74, 6) is 0. The van der Waals surface area contributed by atoms with Gasteiger partial charge in [-0.3, -0.25) is 0 Å². The molecule has 25 heavy (non-hydrogen) atoms. The molecule has 1 aromatic carbocycles. The summed E-state index contributed by atoms with van der Waals surface area (Å²) in [7, 11) is 0. The predicted molar refractivity (Wildman–Crippen MR) is 109 cm³/mol. The molecular formula is C21H27NOS2. The van der Waals surface area contributed by atoms with Gasteiger partial charge in [-0.1, -0.05) is 30.7 Å². The van der Waals surface area contributed by atoms with Crippen molar-refractivity contribution < 1.29 is 4.74 Å². The van der Waals surface area contributed by atoms with Gasteiger partial charge in [-0.15, -0.1) is 11.3 Å². The SMILES string of the molecule is CC(C)(C)O[C@H]1CCC2=C[C@H](n3c(=S)sc4ccccc43)CC[C@@]21C. The maximum atomic E-state index is 6.42. The summed E-state index contributed by atoms with van der Waals surface area (Å²) in [5.41, 5.74) is 2.97. The van der Waals surface area contributed by atoms with E-state index in [-0.39, 0.29) is 11.0 Å². The fourth-order valence-corrected chi connectivity index (χ4v) is 6.01. The Morgan fingerprint density at radius 1 is 1.24 bits per heavy atom. The van der Waals surface area contributed by atoms with E-state index in [0.29, 0.717) is 12.1 Å². The van der Waals surface area contributed by atoms with Gasteiger partial charge in [0.25, 0.3) is 0 Å². The van der Waals surface area contributed by atoms with Crippen LogP contribution in [0.4, 0.5) is 0 Å². The molecule has 1 fully saturated rings. The molecule has 0 N–H and O–H groups in total. The molecule has 4 rings (SSSR count). The lowest BCUT2D eigenvalue weighted by atomic mass is 9.73. The van der Waals surface area contributed by atoms with Crippen molar-refractivity contribution in [3.05, 3.63) is 39.9 Å². The van der Waals surface area contributed by atoms with E-state index < -0.39 is 0 Å². The average molecular weight is 374 g/mol. The molecule has 2 nitrogen and oxygen atoms in total. The van der Waals surface area contributed by atoms with E-state index >= 15 is 0 Å². The van der Waals surface area contributed by atoms with Crippen LogP contribution in [-0.4, -0.2) is 16.3 Å². The topological polar surface area (TPSA) is 14.2 Å². The molecule has 0 spiro atoms. The highest BCUT2D eigenvalue weighted by atomic mass is 32.1. The predicted octanol–water partition coefficient (Wildman–Crippen LogP) is 6.68. The first-order valence-corrected chi connectivity index (χ1v) is 10.5. The van der Waals surface area contributed by atoms with E-state index in [2.05, 4.69) is 62.6 Å². The molecule has 1 heterocycles. The monoisotopic (exact) mass is 373 g/mol. The van der Waals surface area contributed by atoms with Gasteiger partial charge in [0.05, 0.1) is 28.0 Å². The smallest absolute Gasteiger partial charge is 0.162 e. The van der Waals surface area contributed by atoms with Crippen molar-refractivity contribution in [2.45, 2.75) is 71.1 Å². The van der Waals surface area contributed by atoms with E-state index in [1.165, 1.54) is 16.6 Å². The minimum absolute atomic E-state index is 0.0773. The molecule has 0 saturated heterocycles. The second-order valence-electron chi connectivity index (χ2n) is 8.68. The molecule has 1 aromatic heterocycles. The largest absolute Gasteiger partial charge is 0.372 e. The number of ether oxygens (including phenoxy) is 1. The van der Waals surface area contributed by atoms with Gasteiger partial charge in [0.2, 0.25) is 0 Å². The molecule has 2 aromatic rings. The Morgan fingerprint density at radius 2 is 2.00 bits per heavy atom. The van der Waals surface area contributed by atoms with Crippen LogP contribution >= 0.6 is 23.6 Å². The standard InChI is InChI=1S/C21H27NOS2/c1-20(2,3)23-18-10-9-14-13-15(11-12-21(14,18)4)22-16-7-5-6-8-17(16)25-19(22)24/h5-8,13,15,18H,9-12H2,1-4H3/t15-,18+,21+/m1/s1. The zero-order chi connectivity index (χ0) is 17.8. The van der Waals surface area contributed by atoms with Gasteiger partial charge >= 0.3 is 0 Å². The van der Waals surface area contributed by atoms with Gasteiger partial charge in [0.1, 0.15) is 0 Å². The number of nitrogens with zero attached hydrogens (tertiary/aromatic N) is 1. The Bertz CT molecular complexity index is 885. The molecule has 0 amide bonds. The fourth-order valence-electron chi connectivity index (χ4n) is 4.57. The zero-order valence-corrected chi connectivity index (χ0v) is 17.2. The summed E-state index contributed by atoms with van der Waals surface area (Å²) >= 11 is 7.43. The Hall–Kier alpha value is -0.970. The summed E-state index contributed by atoms with van der Waals surface area (Å²) in [6.45, 7) is 8.91. The zero-order valence-electron chi connectivity index (χ0n) is 15.5. The second kappa shape index (κ2) is 6.04. The number of aromatic nitrogens is 1. The second-order valence-corrected chi connectivity index (χ2v) is 10.4. The Kier molecular flexibility index (Phi) is 4.21. The van der Waals surface area contributed by atoms with Crippen molar-refractivity contribution in [2.75, 3.05) is 0 Å².